The molecule has 0 saturated carbocycles. The SMILES string of the molecule is Cc1ccc(OC(C)C)cc1-c1cnn(CCN)c1. The Morgan fingerprint density at radius 2 is 2.16 bits per heavy atom. The van der Waals surface area contributed by atoms with Gasteiger partial charge in [0.1, 0.15) is 5.75 Å². The molecule has 0 aliphatic heterocycles. The number of aromatic nitrogens is 2. The number of benzene rings is 1. The van der Waals surface area contributed by atoms with E-state index in [9.17, 15) is 0 Å². The molecule has 4 nitrogen and oxygen atoms in total. The zero-order valence-corrected chi connectivity index (χ0v) is 11.8. The molecule has 102 valence electrons. The minimum Gasteiger partial charge on any atom is -0.491 e. The van der Waals surface area contributed by atoms with Gasteiger partial charge in [0.25, 0.3) is 0 Å². The first-order valence-electron chi connectivity index (χ1n) is 6.60. The van der Waals surface area contributed by atoms with Crippen molar-refractivity contribution in [1.82, 2.24) is 9.78 Å². The number of hydrogen-bond acceptors (Lipinski definition) is 3. The van der Waals surface area contributed by atoms with Crippen molar-refractivity contribution >= 4 is 0 Å². The highest BCUT2D eigenvalue weighted by Crippen LogP contribution is 2.27. The zero-order chi connectivity index (χ0) is 13.8. The van der Waals surface area contributed by atoms with Crippen LogP contribution in [0.3, 0.4) is 0 Å². The van der Waals surface area contributed by atoms with Crippen LogP contribution in [0.5, 0.6) is 5.75 Å². The van der Waals surface area contributed by atoms with E-state index in [-0.39, 0.29) is 6.10 Å². The van der Waals surface area contributed by atoms with Gasteiger partial charge in [-0.2, -0.15) is 5.10 Å². The van der Waals surface area contributed by atoms with Crippen molar-refractivity contribution in [1.29, 1.82) is 0 Å². The van der Waals surface area contributed by atoms with Gasteiger partial charge in [-0.15, -0.1) is 0 Å². The third-order valence-electron chi connectivity index (χ3n) is 2.88. The van der Waals surface area contributed by atoms with Gasteiger partial charge in [0.15, 0.2) is 0 Å². The molecule has 2 N–H and O–H groups in total. The first-order valence-corrected chi connectivity index (χ1v) is 6.60. The normalized spacial score (nSPS) is 11.0. The summed E-state index contributed by atoms with van der Waals surface area (Å²) in [6.45, 7) is 7.48. The van der Waals surface area contributed by atoms with Crippen LogP contribution in [0.4, 0.5) is 0 Å². The minimum absolute atomic E-state index is 0.176. The molecule has 2 aromatic rings. The van der Waals surface area contributed by atoms with Crippen LogP contribution in [-0.4, -0.2) is 22.4 Å². The van der Waals surface area contributed by atoms with E-state index in [2.05, 4.69) is 24.2 Å². The molecule has 0 saturated heterocycles. The largest absolute Gasteiger partial charge is 0.491 e. The molecule has 0 spiro atoms. The van der Waals surface area contributed by atoms with Crippen LogP contribution in [-0.2, 0) is 6.54 Å². The summed E-state index contributed by atoms with van der Waals surface area (Å²) in [6.07, 6.45) is 4.07. The Morgan fingerprint density at radius 1 is 1.37 bits per heavy atom. The lowest BCUT2D eigenvalue weighted by Gasteiger charge is -2.12. The predicted octanol–water partition coefficient (Wildman–Crippen LogP) is 2.60. The second-order valence-electron chi connectivity index (χ2n) is 4.92. The van der Waals surface area contributed by atoms with Gasteiger partial charge in [0, 0.05) is 18.3 Å². The fourth-order valence-electron chi connectivity index (χ4n) is 2.01. The summed E-state index contributed by atoms with van der Waals surface area (Å²) in [7, 11) is 0. The van der Waals surface area contributed by atoms with Crippen LogP contribution < -0.4 is 10.5 Å². The van der Waals surface area contributed by atoms with E-state index in [4.69, 9.17) is 10.5 Å². The first kappa shape index (κ1) is 13.6. The van der Waals surface area contributed by atoms with Crippen LogP contribution >= 0.6 is 0 Å². The maximum atomic E-state index is 5.74. The Bertz CT molecular complexity index is 546. The molecule has 0 bridgehead atoms. The van der Waals surface area contributed by atoms with Crippen molar-refractivity contribution in [2.24, 2.45) is 5.73 Å². The highest BCUT2D eigenvalue weighted by molar-refractivity contribution is 5.67. The molecule has 0 fully saturated rings. The van der Waals surface area contributed by atoms with Gasteiger partial charge >= 0.3 is 0 Å². The van der Waals surface area contributed by atoms with Gasteiger partial charge < -0.3 is 10.5 Å². The number of nitrogens with two attached hydrogens (primary N) is 1. The van der Waals surface area contributed by atoms with Gasteiger partial charge in [-0.25, -0.2) is 0 Å². The first-order chi connectivity index (χ1) is 9.10. The fourth-order valence-corrected chi connectivity index (χ4v) is 2.01. The van der Waals surface area contributed by atoms with Crippen LogP contribution in [0, 0.1) is 6.92 Å². The van der Waals surface area contributed by atoms with Crippen molar-refractivity contribution in [2.75, 3.05) is 6.54 Å². The fraction of sp³-hybridized carbons (Fsp3) is 0.400. The van der Waals surface area contributed by atoms with Gasteiger partial charge in [0.05, 0.1) is 18.8 Å². The summed E-state index contributed by atoms with van der Waals surface area (Å²) in [5.41, 5.74) is 9.00. The third kappa shape index (κ3) is 3.35. The predicted molar refractivity (Wildman–Crippen MR) is 77.2 cm³/mol. The number of ether oxygens (including phenoxy) is 1. The smallest absolute Gasteiger partial charge is 0.120 e. The Hall–Kier alpha value is -1.81. The molecular weight excluding hydrogens is 238 g/mol. The van der Waals surface area contributed by atoms with Gasteiger partial charge in [-0.05, 0) is 44.0 Å². The van der Waals surface area contributed by atoms with E-state index in [0.717, 1.165) is 23.4 Å². The zero-order valence-electron chi connectivity index (χ0n) is 11.8. The highest BCUT2D eigenvalue weighted by atomic mass is 16.5. The van der Waals surface area contributed by atoms with E-state index in [1.54, 1.807) is 0 Å². The van der Waals surface area contributed by atoms with Crippen molar-refractivity contribution in [3.8, 4) is 16.9 Å². The maximum Gasteiger partial charge on any atom is 0.120 e. The van der Waals surface area contributed by atoms with Crippen molar-refractivity contribution < 1.29 is 4.74 Å². The average Bonchev–Trinajstić information content (AvgIpc) is 2.80. The summed E-state index contributed by atoms with van der Waals surface area (Å²) >= 11 is 0. The molecule has 4 heteroatoms. The van der Waals surface area contributed by atoms with E-state index < -0.39 is 0 Å². The van der Waals surface area contributed by atoms with E-state index in [1.165, 1.54) is 5.56 Å². The Kier molecular flexibility index (Phi) is 4.22. The van der Waals surface area contributed by atoms with Crippen LogP contribution in [0.25, 0.3) is 11.1 Å². The lowest BCUT2D eigenvalue weighted by Crippen LogP contribution is -2.09. The number of aryl methyl sites for hydroxylation is 1. The van der Waals surface area contributed by atoms with E-state index in [1.807, 2.05) is 37.0 Å². The van der Waals surface area contributed by atoms with Gasteiger partial charge in [0.2, 0.25) is 0 Å². The number of rotatable bonds is 5. The van der Waals surface area contributed by atoms with Crippen LogP contribution in [0.2, 0.25) is 0 Å². The van der Waals surface area contributed by atoms with Crippen LogP contribution in [0.15, 0.2) is 30.6 Å². The topological polar surface area (TPSA) is 53.1 Å². The minimum atomic E-state index is 0.176. The Balaban J connectivity index is 2.31. The van der Waals surface area contributed by atoms with Crippen molar-refractivity contribution in [3.63, 3.8) is 0 Å². The quantitative estimate of drug-likeness (QED) is 0.898. The summed E-state index contributed by atoms with van der Waals surface area (Å²) in [6, 6.07) is 6.15. The van der Waals surface area contributed by atoms with Gasteiger partial charge in [-0.1, -0.05) is 6.07 Å². The molecule has 19 heavy (non-hydrogen) atoms. The van der Waals surface area contributed by atoms with E-state index in [0.29, 0.717) is 6.54 Å². The lowest BCUT2D eigenvalue weighted by molar-refractivity contribution is 0.242. The molecule has 1 aromatic heterocycles. The molecule has 0 amide bonds. The molecule has 0 atom stereocenters. The van der Waals surface area contributed by atoms with Crippen molar-refractivity contribution in [2.45, 2.75) is 33.4 Å². The number of hydrogen-bond donors (Lipinski definition) is 1. The maximum absolute atomic E-state index is 5.74. The summed E-state index contributed by atoms with van der Waals surface area (Å²) in [5, 5.41) is 4.31. The lowest BCUT2D eigenvalue weighted by atomic mass is 10.0. The van der Waals surface area contributed by atoms with Gasteiger partial charge in [-0.3, -0.25) is 4.68 Å². The van der Waals surface area contributed by atoms with Crippen LogP contribution in [0.1, 0.15) is 19.4 Å². The second-order valence-corrected chi connectivity index (χ2v) is 4.92. The third-order valence-corrected chi connectivity index (χ3v) is 2.88. The Morgan fingerprint density at radius 3 is 2.84 bits per heavy atom. The second kappa shape index (κ2) is 5.89. The molecular formula is C15H21N3O. The molecule has 1 heterocycles. The molecule has 1 aromatic carbocycles. The van der Waals surface area contributed by atoms with E-state index >= 15 is 0 Å². The summed E-state index contributed by atoms with van der Waals surface area (Å²) in [5.74, 6) is 0.891. The summed E-state index contributed by atoms with van der Waals surface area (Å²) < 4.78 is 7.60. The monoisotopic (exact) mass is 259 g/mol. The standard InChI is InChI=1S/C15H21N3O/c1-11(2)19-14-5-4-12(3)15(8-14)13-9-17-18(10-13)7-6-16/h4-5,8-11H,6-7,16H2,1-3H3. The highest BCUT2D eigenvalue weighted by Gasteiger charge is 2.07. The molecule has 0 aliphatic rings. The molecule has 0 radical (unpaired) electrons. The molecule has 0 aliphatic carbocycles. The molecule has 2 rings (SSSR count). The Labute approximate surface area is 114 Å². The molecule has 0 unspecified atom stereocenters. The number of nitrogens with zero attached hydrogens (tertiary/aromatic N) is 2. The average molecular weight is 259 g/mol. The van der Waals surface area contributed by atoms with Crippen molar-refractivity contribution in [3.05, 3.63) is 36.2 Å². The summed E-state index contributed by atoms with van der Waals surface area (Å²) in [4.78, 5) is 0.